The van der Waals surface area contributed by atoms with Crippen molar-refractivity contribution in [2.75, 3.05) is 5.33 Å². The number of hydrogen-bond donors (Lipinski definition) is 0. The Morgan fingerprint density at radius 3 is 2.65 bits per heavy atom. The highest BCUT2D eigenvalue weighted by Crippen LogP contribution is 2.32. The Balaban J connectivity index is 2.12. The molecule has 0 saturated heterocycles. The second kappa shape index (κ2) is 4.66. The molecule has 0 aliphatic heterocycles. The molecule has 2 aromatic rings. The number of alkyl halides is 1. The molecule has 0 unspecified atom stereocenters. The molecule has 3 rings (SSSR count). The van der Waals surface area contributed by atoms with Crippen LogP contribution in [-0.4, -0.2) is 5.33 Å². The summed E-state index contributed by atoms with van der Waals surface area (Å²) < 4.78 is 0. The van der Waals surface area contributed by atoms with E-state index < -0.39 is 0 Å². The molecule has 86 valence electrons. The van der Waals surface area contributed by atoms with E-state index in [1.165, 1.54) is 40.3 Å². The van der Waals surface area contributed by atoms with Crippen LogP contribution in [0, 0.1) is 0 Å². The van der Waals surface area contributed by atoms with Crippen molar-refractivity contribution in [2.24, 2.45) is 0 Å². The zero-order valence-electron chi connectivity index (χ0n) is 9.75. The minimum atomic E-state index is 0.939. The van der Waals surface area contributed by atoms with Gasteiger partial charge in [-0.15, -0.1) is 0 Å². The second-order valence-electron chi connectivity index (χ2n) is 4.55. The van der Waals surface area contributed by atoms with Crippen molar-refractivity contribution in [1.82, 2.24) is 0 Å². The van der Waals surface area contributed by atoms with Gasteiger partial charge in [0, 0.05) is 5.33 Å². The van der Waals surface area contributed by atoms with Crippen LogP contribution in [-0.2, 0) is 19.3 Å². The van der Waals surface area contributed by atoms with E-state index in [0.717, 1.165) is 11.8 Å². The van der Waals surface area contributed by atoms with Gasteiger partial charge in [0.25, 0.3) is 0 Å². The third kappa shape index (κ3) is 1.93. The Bertz CT molecular complexity index is 571. The van der Waals surface area contributed by atoms with Crippen molar-refractivity contribution in [3.05, 3.63) is 59.2 Å². The molecule has 0 radical (unpaired) electrons. The Morgan fingerprint density at radius 1 is 1.00 bits per heavy atom. The Labute approximate surface area is 110 Å². The zero-order chi connectivity index (χ0) is 11.7. The summed E-state index contributed by atoms with van der Waals surface area (Å²) in [7, 11) is 0. The predicted octanol–water partition coefficient (Wildman–Crippen LogP) is 4.43. The first-order valence-electron chi connectivity index (χ1n) is 6.13. The van der Waals surface area contributed by atoms with Crippen molar-refractivity contribution in [1.29, 1.82) is 0 Å². The number of allylic oxidation sites excluding steroid dienone is 2. The third-order valence-electron chi connectivity index (χ3n) is 3.56. The summed E-state index contributed by atoms with van der Waals surface area (Å²) >= 11 is 3.42. The fourth-order valence-corrected chi connectivity index (χ4v) is 3.02. The van der Waals surface area contributed by atoms with Crippen molar-refractivity contribution in [2.45, 2.75) is 19.3 Å². The van der Waals surface area contributed by atoms with Crippen LogP contribution in [0.3, 0.4) is 0 Å². The number of hydrogen-bond acceptors (Lipinski definition) is 0. The van der Waals surface area contributed by atoms with E-state index in [0.29, 0.717) is 0 Å². The molecule has 0 bridgehead atoms. The minimum absolute atomic E-state index is 0.939. The van der Waals surface area contributed by atoms with Crippen LogP contribution in [0.4, 0.5) is 0 Å². The van der Waals surface area contributed by atoms with E-state index in [1.807, 2.05) is 0 Å². The summed E-state index contributed by atoms with van der Waals surface area (Å²) in [4.78, 5) is 0. The molecule has 1 aliphatic carbocycles. The molecule has 0 spiro atoms. The Morgan fingerprint density at radius 2 is 1.82 bits per heavy atom. The SMILES string of the molecule is BrC/C=C/Cc1ccc2c3c(cccc13)CC2. The zero-order valence-corrected chi connectivity index (χ0v) is 11.3. The maximum Gasteiger partial charge on any atom is 0.0212 e. The molecule has 0 atom stereocenters. The van der Waals surface area contributed by atoms with Crippen LogP contribution in [0.25, 0.3) is 10.8 Å². The molecule has 0 heterocycles. The number of benzene rings is 2. The Hall–Kier alpha value is -1.08. The maximum atomic E-state index is 3.42. The van der Waals surface area contributed by atoms with Crippen molar-refractivity contribution >= 4 is 26.7 Å². The monoisotopic (exact) mass is 286 g/mol. The first-order chi connectivity index (χ1) is 8.40. The van der Waals surface area contributed by atoms with Gasteiger partial charge < -0.3 is 0 Å². The summed E-state index contributed by atoms with van der Waals surface area (Å²) in [5, 5.41) is 3.92. The van der Waals surface area contributed by atoms with E-state index in [1.54, 1.807) is 0 Å². The van der Waals surface area contributed by atoms with Crippen molar-refractivity contribution in [3.63, 3.8) is 0 Å². The standard InChI is InChI=1S/C16H15Br/c17-11-2-1-4-12-7-8-14-10-9-13-5-3-6-15(12)16(13)14/h1-3,5-8H,4,9-11H2/b2-1+. The van der Waals surface area contributed by atoms with Gasteiger partial charge in [-0.3, -0.25) is 0 Å². The molecule has 2 aromatic carbocycles. The van der Waals surface area contributed by atoms with Gasteiger partial charge in [-0.2, -0.15) is 0 Å². The fraction of sp³-hybridized carbons (Fsp3) is 0.250. The first kappa shape index (κ1) is 11.0. The van der Waals surface area contributed by atoms with Crippen LogP contribution in [0.15, 0.2) is 42.5 Å². The van der Waals surface area contributed by atoms with Gasteiger partial charge in [-0.1, -0.05) is 58.4 Å². The van der Waals surface area contributed by atoms with Crippen molar-refractivity contribution < 1.29 is 0 Å². The molecule has 1 heteroatoms. The van der Waals surface area contributed by atoms with Crippen molar-refractivity contribution in [3.8, 4) is 0 Å². The van der Waals surface area contributed by atoms with Gasteiger partial charge in [0.05, 0.1) is 0 Å². The summed E-state index contributed by atoms with van der Waals surface area (Å²) in [6, 6.07) is 11.4. The second-order valence-corrected chi connectivity index (χ2v) is 5.20. The van der Waals surface area contributed by atoms with E-state index >= 15 is 0 Å². The van der Waals surface area contributed by atoms with Crippen LogP contribution in [0.2, 0.25) is 0 Å². The average Bonchev–Trinajstić information content (AvgIpc) is 2.78. The van der Waals surface area contributed by atoms with Gasteiger partial charge in [-0.05, 0) is 46.7 Å². The number of aryl methyl sites for hydroxylation is 2. The normalized spacial score (nSPS) is 13.9. The molecule has 0 aromatic heterocycles. The number of rotatable bonds is 3. The van der Waals surface area contributed by atoms with Gasteiger partial charge in [0.15, 0.2) is 0 Å². The molecule has 1 aliphatic rings. The van der Waals surface area contributed by atoms with Gasteiger partial charge in [0.1, 0.15) is 0 Å². The topological polar surface area (TPSA) is 0 Å². The maximum absolute atomic E-state index is 3.42. The fourth-order valence-electron chi connectivity index (χ4n) is 2.76. The lowest BCUT2D eigenvalue weighted by molar-refractivity contribution is 1.02. The van der Waals surface area contributed by atoms with Gasteiger partial charge in [0.2, 0.25) is 0 Å². The number of halogens is 1. The summed E-state index contributed by atoms with van der Waals surface area (Å²) in [6.45, 7) is 0. The molecule has 0 N–H and O–H groups in total. The van der Waals surface area contributed by atoms with E-state index in [2.05, 4.69) is 58.4 Å². The van der Waals surface area contributed by atoms with Crippen LogP contribution < -0.4 is 0 Å². The minimum Gasteiger partial charge on any atom is -0.0883 e. The third-order valence-corrected chi connectivity index (χ3v) is 3.93. The molecule has 0 fully saturated rings. The highest BCUT2D eigenvalue weighted by Gasteiger charge is 2.14. The first-order valence-corrected chi connectivity index (χ1v) is 7.25. The molecule has 0 amide bonds. The largest absolute Gasteiger partial charge is 0.0883 e. The summed E-state index contributed by atoms with van der Waals surface area (Å²) in [6.07, 6.45) is 7.88. The lowest BCUT2D eigenvalue weighted by Gasteiger charge is -2.07. The molecule has 0 saturated carbocycles. The molecular formula is C16H15Br. The Kier molecular flexibility index (Phi) is 3.02. The quantitative estimate of drug-likeness (QED) is 0.578. The predicted molar refractivity (Wildman–Crippen MR) is 78.0 cm³/mol. The molecular weight excluding hydrogens is 272 g/mol. The smallest absolute Gasteiger partial charge is 0.0212 e. The van der Waals surface area contributed by atoms with E-state index in [9.17, 15) is 0 Å². The van der Waals surface area contributed by atoms with Crippen LogP contribution in [0.5, 0.6) is 0 Å². The lowest BCUT2D eigenvalue weighted by Crippen LogP contribution is -1.87. The van der Waals surface area contributed by atoms with Gasteiger partial charge in [-0.25, -0.2) is 0 Å². The van der Waals surface area contributed by atoms with Gasteiger partial charge >= 0.3 is 0 Å². The van der Waals surface area contributed by atoms with Crippen LogP contribution in [0.1, 0.15) is 16.7 Å². The van der Waals surface area contributed by atoms with E-state index in [-0.39, 0.29) is 0 Å². The average molecular weight is 287 g/mol. The van der Waals surface area contributed by atoms with Crippen LogP contribution >= 0.6 is 15.9 Å². The summed E-state index contributed by atoms with van der Waals surface area (Å²) in [5.41, 5.74) is 4.51. The summed E-state index contributed by atoms with van der Waals surface area (Å²) in [5.74, 6) is 0. The highest BCUT2D eigenvalue weighted by molar-refractivity contribution is 9.09. The van der Waals surface area contributed by atoms with E-state index in [4.69, 9.17) is 0 Å². The molecule has 0 nitrogen and oxygen atoms in total. The lowest BCUT2D eigenvalue weighted by atomic mass is 9.98. The highest BCUT2D eigenvalue weighted by atomic mass is 79.9. The molecule has 17 heavy (non-hydrogen) atoms.